The monoisotopic (exact) mass is 252 g/mol. The van der Waals surface area contributed by atoms with Gasteiger partial charge in [-0.05, 0) is 12.3 Å². The summed E-state index contributed by atoms with van der Waals surface area (Å²) in [5, 5.41) is 0. The van der Waals surface area contributed by atoms with Gasteiger partial charge in [0.2, 0.25) is 0 Å². The van der Waals surface area contributed by atoms with Crippen LogP contribution < -0.4 is 0 Å². The molecule has 2 N–H and O–H groups in total. The van der Waals surface area contributed by atoms with Gasteiger partial charge >= 0.3 is 7.60 Å². The van der Waals surface area contributed by atoms with Gasteiger partial charge in [-0.15, -0.1) is 0 Å². The van der Waals surface area contributed by atoms with E-state index in [0.717, 1.165) is 25.7 Å². The molecule has 0 heterocycles. The Hall–Kier alpha value is 0.644. The minimum absolute atomic E-state index is 0. The second-order valence-electron chi connectivity index (χ2n) is 3.26. The minimum atomic E-state index is -3.78. The van der Waals surface area contributed by atoms with Gasteiger partial charge in [0, 0.05) is 16.5 Å². The van der Waals surface area contributed by atoms with Crippen LogP contribution in [0.2, 0.25) is 0 Å². The Morgan fingerprint density at radius 3 is 2.15 bits per heavy atom. The van der Waals surface area contributed by atoms with Crippen molar-refractivity contribution in [3.05, 3.63) is 0 Å². The molecule has 0 rings (SSSR count). The normalized spacial score (nSPS) is 13.5. The minimum Gasteiger partial charge on any atom is -0.324 e. The molecule has 0 spiro atoms. The number of rotatable bonds is 6. The molecule has 0 aliphatic heterocycles. The first-order chi connectivity index (χ1) is 5.49. The van der Waals surface area contributed by atoms with E-state index in [1.54, 1.807) is 0 Å². The van der Waals surface area contributed by atoms with Gasteiger partial charge in [0.1, 0.15) is 0 Å². The predicted molar refractivity (Wildman–Crippen MR) is 50.2 cm³/mol. The van der Waals surface area contributed by atoms with E-state index >= 15 is 0 Å². The molecular weight excluding hydrogens is 234 g/mol. The Morgan fingerprint density at radius 1 is 1.31 bits per heavy atom. The van der Waals surface area contributed by atoms with E-state index in [1.165, 1.54) is 0 Å². The fourth-order valence-electron chi connectivity index (χ4n) is 1.25. The predicted octanol–water partition coefficient (Wildman–Crippen LogP) is 2.38. The maximum absolute atomic E-state index is 10.7. The zero-order valence-electron chi connectivity index (χ0n) is 8.18. The van der Waals surface area contributed by atoms with Gasteiger partial charge in [-0.3, -0.25) is 4.57 Å². The fraction of sp³-hybridized carbons (Fsp3) is 1.00. The van der Waals surface area contributed by atoms with Gasteiger partial charge < -0.3 is 9.79 Å². The molecule has 5 heteroatoms. The van der Waals surface area contributed by atoms with E-state index in [-0.39, 0.29) is 28.6 Å². The van der Waals surface area contributed by atoms with E-state index < -0.39 is 7.60 Å². The molecule has 0 aromatic rings. The summed E-state index contributed by atoms with van der Waals surface area (Å²) in [7, 11) is -3.78. The fourth-order valence-corrected chi connectivity index (χ4v) is 2.37. The molecule has 0 saturated carbocycles. The maximum atomic E-state index is 10.7. The molecule has 13 heavy (non-hydrogen) atoms. The first kappa shape index (κ1) is 16.1. The summed E-state index contributed by atoms with van der Waals surface area (Å²) in [6.45, 7) is 4.07. The van der Waals surface area contributed by atoms with E-state index in [0.29, 0.717) is 0 Å². The van der Waals surface area contributed by atoms with Gasteiger partial charge in [0.25, 0.3) is 0 Å². The summed E-state index contributed by atoms with van der Waals surface area (Å²) in [4.78, 5) is 17.5. The zero-order chi connectivity index (χ0) is 9.61. The van der Waals surface area contributed by atoms with Crippen molar-refractivity contribution in [2.45, 2.75) is 39.5 Å². The molecule has 1 atom stereocenters. The summed E-state index contributed by atoms with van der Waals surface area (Å²) in [6.07, 6.45) is 4.03. The SMILES string of the molecule is CCCCC(CC)CP(=O)(O)O.[Ni]. The van der Waals surface area contributed by atoms with Crippen LogP contribution in [0.15, 0.2) is 0 Å². The standard InChI is InChI=1S/C8H19O3P.Ni/c1-3-5-6-8(4-2)7-12(9,10)11;/h8H,3-7H2,1-2H3,(H2,9,10,11);. The van der Waals surface area contributed by atoms with Crippen molar-refractivity contribution < 1.29 is 30.8 Å². The first-order valence-electron chi connectivity index (χ1n) is 4.54. The van der Waals surface area contributed by atoms with Crippen molar-refractivity contribution in [1.82, 2.24) is 0 Å². The number of unbranched alkanes of at least 4 members (excludes halogenated alkanes) is 1. The average molecular weight is 253 g/mol. The Bertz CT molecular complexity index is 157. The quantitative estimate of drug-likeness (QED) is 0.564. The van der Waals surface area contributed by atoms with Crippen LogP contribution in [0.5, 0.6) is 0 Å². The zero-order valence-corrected chi connectivity index (χ0v) is 10.1. The molecule has 84 valence electrons. The largest absolute Gasteiger partial charge is 0.325 e. The van der Waals surface area contributed by atoms with Crippen LogP contribution in [-0.4, -0.2) is 15.9 Å². The van der Waals surface area contributed by atoms with Gasteiger partial charge in [-0.25, -0.2) is 0 Å². The molecule has 0 aliphatic carbocycles. The second kappa shape index (κ2) is 7.99. The summed E-state index contributed by atoms with van der Waals surface area (Å²) < 4.78 is 10.7. The Morgan fingerprint density at radius 2 is 1.85 bits per heavy atom. The van der Waals surface area contributed by atoms with Crippen molar-refractivity contribution in [2.75, 3.05) is 6.16 Å². The third-order valence-corrected chi connectivity index (χ3v) is 3.03. The third kappa shape index (κ3) is 10.6. The molecule has 0 amide bonds. The summed E-state index contributed by atoms with van der Waals surface area (Å²) in [5.41, 5.74) is 0. The van der Waals surface area contributed by atoms with Crippen molar-refractivity contribution in [1.29, 1.82) is 0 Å². The second-order valence-corrected chi connectivity index (χ2v) is 4.96. The van der Waals surface area contributed by atoms with Crippen LogP contribution >= 0.6 is 7.60 Å². The van der Waals surface area contributed by atoms with Crippen LogP contribution in [0.4, 0.5) is 0 Å². The van der Waals surface area contributed by atoms with Crippen molar-refractivity contribution in [2.24, 2.45) is 5.92 Å². The molecule has 0 radical (unpaired) electrons. The molecule has 0 aliphatic rings. The summed E-state index contributed by atoms with van der Waals surface area (Å²) in [5.74, 6) is 0.200. The molecule has 0 aromatic carbocycles. The molecule has 0 bridgehead atoms. The van der Waals surface area contributed by atoms with Crippen molar-refractivity contribution in [3.63, 3.8) is 0 Å². The van der Waals surface area contributed by atoms with Crippen LogP contribution in [-0.2, 0) is 21.1 Å². The van der Waals surface area contributed by atoms with E-state index in [9.17, 15) is 4.57 Å². The van der Waals surface area contributed by atoms with Crippen LogP contribution in [0.1, 0.15) is 39.5 Å². The summed E-state index contributed by atoms with van der Waals surface area (Å²) >= 11 is 0. The van der Waals surface area contributed by atoms with Gasteiger partial charge in [-0.2, -0.15) is 0 Å². The molecule has 0 aromatic heterocycles. The van der Waals surface area contributed by atoms with Crippen molar-refractivity contribution in [3.8, 4) is 0 Å². The Balaban J connectivity index is 0. The molecule has 1 unspecified atom stereocenters. The topological polar surface area (TPSA) is 57.5 Å². The summed E-state index contributed by atoms with van der Waals surface area (Å²) in [6, 6.07) is 0. The maximum Gasteiger partial charge on any atom is 0.325 e. The molecule has 0 saturated heterocycles. The molecule has 0 fully saturated rings. The van der Waals surface area contributed by atoms with Crippen LogP contribution in [0.25, 0.3) is 0 Å². The Kier molecular flexibility index (Phi) is 9.89. The smallest absolute Gasteiger partial charge is 0.324 e. The van der Waals surface area contributed by atoms with Crippen LogP contribution in [0.3, 0.4) is 0 Å². The number of hydrogen-bond donors (Lipinski definition) is 2. The van der Waals surface area contributed by atoms with E-state index in [1.807, 2.05) is 6.92 Å². The van der Waals surface area contributed by atoms with Gasteiger partial charge in [0.05, 0.1) is 6.16 Å². The average Bonchev–Trinajstić information content (AvgIpc) is 1.95. The third-order valence-electron chi connectivity index (χ3n) is 2.04. The van der Waals surface area contributed by atoms with Gasteiger partial charge in [0.15, 0.2) is 0 Å². The first-order valence-corrected chi connectivity index (χ1v) is 6.34. The van der Waals surface area contributed by atoms with Crippen LogP contribution in [0, 0.1) is 5.92 Å². The number of hydrogen-bond acceptors (Lipinski definition) is 1. The molecule has 3 nitrogen and oxygen atoms in total. The molecular formula is C8H19NiO3P. The van der Waals surface area contributed by atoms with Crippen molar-refractivity contribution >= 4 is 7.60 Å². The van der Waals surface area contributed by atoms with Gasteiger partial charge in [-0.1, -0.05) is 33.1 Å². The van der Waals surface area contributed by atoms with E-state index in [2.05, 4.69) is 6.92 Å². The van der Waals surface area contributed by atoms with E-state index in [4.69, 9.17) is 9.79 Å². The Labute approximate surface area is 90.4 Å².